The number of rotatable bonds is 2. The van der Waals surface area contributed by atoms with E-state index >= 15 is 0 Å². The summed E-state index contributed by atoms with van der Waals surface area (Å²) in [5.41, 5.74) is -0.184. The van der Waals surface area contributed by atoms with Gasteiger partial charge in [-0.15, -0.1) is 0 Å². The Bertz CT molecular complexity index is 535. The van der Waals surface area contributed by atoms with Crippen LogP contribution in [0.15, 0.2) is 9.27 Å². The van der Waals surface area contributed by atoms with Crippen molar-refractivity contribution in [3.8, 4) is 0 Å². The summed E-state index contributed by atoms with van der Waals surface area (Å²) in [6.45, 7) is 1.73. The third-order valence-electron chi connectivity index (χ3n) is 3.52. The Morgan fingerprint density at radius 3 is 2.58 bits per heavy atom. The van der Waals surface area contributed by atoms with E-state index < -0.39 is 5.92 Å². The minimum Gasteiger partial charge on any atom is -0.366 e. The molecule has 106 valence electrons. The molecule has 0 unspecified atom stereocenters. The van der Waals surface area contributed by atoms with Crippen molar-refractivity contribution in [2.24, 2.45) is 7.05 Å². The topological polar surface area (TPSA) is 46.9 Å². The normalized spacial score (nSPS) is 19.4. The molecule has 1 fully saturated rings. The molecule has 0 aliphatic heterocycles. The van der Waals surface area contributed by atoms with Gasteiger partial charge in [0, 0.05) is 25.9 Å². The number of alkyl halides is 2. The average Bonchev–Trinajstić information content (AvgIpc) is 2.36. The summed E-state index contributed by atoms with van der Waals surface area (Å²) in [5, 5.41) is 3.09. The highest BCUT2D eigenvalue weighted by Crippen LogP contribution is 2.34. The second-order valence-electron chi connectivity index (χ2n) is 4.96. The first-order chi connectivity index (χ1) is 8.80. The van der Waals surface area contributed by atoms with Gasteiger partial charge in [-0.1, -0.05) is 0 Å². The molecular formula is C12H16BrF2N3O. The van der Waals surface area contributed by atoms with Crippen molar-refractivity contribution in [3.05, 3.63) is 20.7 Å². The monoisotopic (exact) mass is 335 g/mol. The Hall–Kier alpha value is -0.980. The van der Waals surface area contributed by atoms with Gasteiger partial charge in [0.25, 0.3) is 5.56 Å². The van der Waals surface area contributed by atoms with Crippen LogP contribution in [0.3, 0.4) is 0 Å². The second-order valence-corrected chi connectivity index (χ2v) is 5.75. The van der Waals surface area contributed by atoms with E-state index in [2.05, 4.69) is 26.2 Å². The predicted octanol–water partition coefficient (Wildman–Crippen LogP) is 2.84. The maximum Gasteiger partial charge on any atom is 0.269 e. The molecule has 4 nitrogen and oxygen atoms in total. The van der Waals surface area contributed by atoms with Crippen LogP contribution in [0.5, 0.6) is 0 Å². The molecule has 0 bridgehead atoms. The van der Waals surface area contributed by atoms with Gasteiger partial charge >= 0.3 is 0 Å². The van der Waals surface area contributed by atoms with E-state index in [-0.39, 0.29) is 24.4 Å². The molecule has 0 spiro atoms. The van der Waals surface area contributed by atoms with E-state index in [0.29, 0.717) is 29.0 Å². The van der Waals surface area contributed by atoms with Crippen LogP contribution < -0.4 is 10.9 Å². The molecule has 1 aliphatic carbocycles. The van der Waals surface area contributed by atoms with Crippen molar-refractivity contribution in [2.45, 2.75) is 44.6 Å². The second kappa shape index (κ2) is 5.19. The van der Waals surface area contributed by atoms with Crippen molar-refractivity contribution in [3.63, 3.8) is 0 Å². The Balaban J connectivity index is 2.15. The van der Waals surface area contributed by atoms with Gasteiger partial charge in [-0.25, -0.2) is 13.8 Å². The van der Waals surface area contributed by atoms with Crippen molar-refractivity contribution in [2.75, 3.05) is 5.32 Å². The molecule has 1 aromatic heterocycles. The van der Waals surface area contributed by atoms with E-state index in [1.807, 2.05) is 0 Å². The van der Waals surface area contributed by atoms with Crippen LogP contribution in [0.25, 0.3) is 0 Å². The minimum absolute atomic E-state index is 0.0602. The molecule has 19 heavy (non-hydrogen) atoms. The lowest BCUT2D eigenvalue weighted by Gasteiger charge is -2.29. The van der Waals surface area contributed by atoms with Crippen LogP contribution in [0.4, 0.5) is 14.6 Å². The van der Waals surface area contributed by atoms with E-state index in [4.69, 9.17) is 0 Å². The van der Waals surface area contributed by atoms with Gasteiger partial charge in [0.05, 0.1) is 0 Å². The summed E-state index contributed by atoms with van der Waals surface area (Å²) in [6, 6.07) is -0.0602. The maximum absolute atomic E-state index is 13.1. The van der Waals surface area contributed by atoms with E-state index in [0.717, 1.165) is 0 Å². The smallest absolute Gasteiger partial charge is 0.269 e. The highest BCUT2D eigenvalue weighted by molar-refractivity contribution is 9.10. The number of nitrogens with zero attached hydrogens (tertiary/aromatic N) is 2. The standard InChI is InChI=1S/C12H16BrF2N3O/c1-7-16-10(9(13)11(19)18(7)2)17-8-3-5-12(14,15)6-4-8/h8,17H,3-6H2,1-2H3. The molecule has 2 rings (SSSR count). The largest absolute Gasteiger partial charge is 0.366 e. The number of aromatic nitrogens is 2. The van der Waals surface area contributed by atoms with Gasteiger partial charge in [0.15, 0.2) is 0 Å². The number of hydrogen-bond acceptors (Lipinski definition) is 3. The third-order valence-corrected chi connectivity index (χ3v) is 4.23. The molecular weight excluding hydrogens is 320 g/mol. The Kier molecular flexibility index (Phi) is 3.94. The highest BCUT2D eigenvalue weighted by atomic mass is 79.9. The molecule has 1 aliphatic rings. The number of hydrogen-bond donors (Lipinski definition) is 1. The molecule has 1 saturated carbocycles. The molecule has 0 saturated heterocycles. The Morgan fingerprint density at radius 1 is 1.42 bits per heavy atom. The van der Waals surface area contributed by atoms with Gasteiger partial charge in [-0.2, -0.15) is 0 Å². The van der Waals surface area contributed by atoms with Crippen molar-refractivity contribution >= 4 is 21.7 Å². The fraction of sp³-hybridized carbons (Fsp3) is 0.667. The molecule has 7 heteroatoms. The van der Waals surface area contributed by atoms with Gasteiger partial charge in [0.1, 0.15) is 16.1 Å². The van der Waals surface area contributed by atoms with Crippen molar-refractivity contribution in [1.82, 2.24) is 9.55 Å². The first-order valence-corrected chi connectivity index (χ1v) is 6.97. The van der Waals surface area contributed by atoms with Crippen LogP contribution in [0, 0.1) is 6.92 Å². The SMILES string of the molecule is Cc1nc(NC2CCC(F)(F)CC2)c(Br)c(=O)n1C. The summed E-state index contributed by atoms with van der Waals surface area (Å²) < 4.78 is 27.9. The summed E-state index contributed by atoms with van der Waals surface area (Å²) >= 11 is 3.21. The van der Waals surface area contributed by atoms with Crippen LogP contribution >= 0.6 is 15.9 Å². The number of halogens is 3. The van der Waals surface area contributed by atoms with Gasteiger partial charge in [0.2, 0.25) is 5.92 Å². The summed E-state index contributed by atoms with van der Waals surface area (Å²) in [6.07, 6.45) is 0.531. The van der Waals surface area contributed by atoms with Gasteiger partial charge in [-0.3, -0.25) is 9.36 Å². The fourth-order valence-electron chi connectivity index (χ4n) is 2.15. The lowest BCUT2D eigenvalue weighted by atomic mass is 9.92. The zero-order chi connectivity index (χ0) is 14.2. The lowest BCUT2D eigenvalue weighted by Crippen LogP contribution is -2.33. The fourth-order valence-corrected chi connectivity index (χ4v) is 2.62. The Morgan fingerprint density at radius 2 is 2.00 bits per heavy atom. The maximum atomic E-state index is 13.1. The van der Waals surface area contributed by atoms with Crippen LogP contribution in [-0.4, -0.2) is 21.5 Å². The number of nitrogens with one attached hydrogen (secondary N) is 1. The van der Waals surface area contributed by atoms with Gasteiger partial charge < -0.3 is 5.32 Å². The quantitative estimate of drug-likeness (QED) is 0.903. The van der Waals surface area contributed by atoms with Crippen molar-refractivity contribution in [1.29, 1.82) is 0 Å². The first-order valence-electron chi connectivity index (χ1n) is 6.17. The molecule has 1 N–H and O–H groups in total. The summed E-state index contributed by atoms with van der Waals surface area (Å²) in [5.74, 6) is -1.53. The molecule has 0 aromatic carbocycles. The summed E-state index contributed by atoms with van der Waals surface area (Å²) in [7, 11) is 1.64. The molecule has 0 radical (unpaired) electrons. The van der Waals surface area contributed by atoms with Gasteiger partial charge in [-0.05, 0) is 35.7 Å². The van der Waals surface area contributed by atoms with Crippen molar-refractivity contribution < 1.29 is 8.78 Å². The lowest BCUT2D eigenvalue weighted by molar-refractivity contribution is -0.0361. The third kappa shape index (κ3) is 3.13. The summed E-state index contributed by atoms with van der Waals surface area (Å²) in [4.78, 5) is 16.2. The van der Waals surface area contributed by atoms with E-state index in [1.54, 1.807) is 14.0 Å². The highest BCUT2D eigenvalue weighted by Gasteiger charge is 2.35. The first kappa shape index (κ1) is 14.4. The number of aryl methyl sites for hydroxylation is 1. The van der Waals surface area contributed by atoms with Crippen LogP contribution in [0.2, 0.25) is 0 Å². The zero-order valence-corrected chi connectivity index (χ0v) is 12.4. The predicted molar refractivity (Wildman–Crippen MR) is 72.7 cm³/mol. The molecule has 0 atom stereocenters. The molecule has 0 amide bonds. The minimum atomic E-state index is -2.55. The zero-order valence-electron chi connectivity index (χ0n) is 10.8. The van der Waals surface area contributed by atoms with E-state index in [9.17, 15) is 13.6 Å². The van der Waals surface area contributed by atoms with Crippen LogP contribution in [-0.2, 0) is 7.05 Å². The average molecular weight is 336 g/mol. The number of anilines is 1. The molecule has 1 aromatic rings. The van der Waals surface area contributed by atoms with E-state index in [1.165, 1.54) is 4.57 Å². The molecule has 1 heterocycles. The Labute approximate surface area is 118 Å². The van der Waals surface area contributed by atoms with Crippen LogP contribution in [0.1, 0.15) is 31.5 Å².